The van der Waals surface area contributed by atoms with Crippen LogP contribution in [-0.4, -0.2) is 24.5 Å². The molecule has 0 saturated carbocycles. The first-order chi connectivity index (χ1) is 5.56. The molecule has 0 rings (SSSR count). The quantitative estimate of drug-likeness (QED) is 0.539. The average Bonchev–Trinajstić information content (AvgIpc) is 1.84. The van der Waals surface area contributed by atoms with Crippen LogP contribution < -0.4 is 16.4 Å². The fourth-order valence-corrected chi connectivity index (χ4v) is 0.887. The van der Waals surface area contributed by atoms with Crippen LogP contribution in [0.25, 0.3) is 0 Å². The molecule has 0 bridgehead atoms. The number of nitrogens with one attached hydrogen (secondary N) is 2. The van der Waals surface area contributed by atoms with Gasteiger partial charge in [0.2, 0.25) is 5.91 Å². The first-order valence-corrected chi connectivity index (χ1v) is 3.89. The van der Waals surface area contributed by atoms with E-state index in [1.54, 1.807) is 0 Å². The van der Waals surface area contributed by atoms with Gasteiger partial charge in [-0.1, -0.05) is 6.92 Å². The highest BCUT2D eigenvalue weighted by molar-refractivity contribution is 5.93. The highest BCUT2D eigenvalue weighted by atomic mass is 16.2. The Kier molecular flexibility index (Phi) is 5.03. The number of carbonyl (C=O) groups excluding carboxylic acids is 2. The molecule has 0 fully saturated rings. The fourth-order valence-electron chi connectivity index (χ4n) is 0.887. The van der Waals surface area contributed by atoms with E-state index in [0.717, 1.165) is 6.54 Å². The van der Waals surface area contributed by atoms with Crippen molar-refractivity contribution < 1.29 is 9.59 Å². The molecule has 70 valence electrons. The molecular weight excluding hydrogens is 158 g/mol. The first-order valence-electron chi connectivity index (χ1n) is 3.89. The summed E-state index contributed by atoms with van der Waals surface area (Å²) in [7, 11) is 0. The molecular formula is C7H15N3O2. The number of imide groups is 1. The number of hydrogen-bond donors (Lipinski definition) is 3. The van der Waals surface area contributed by atoms with E-state index in [1.165, 1.54) is 0 Å². The van der Waals surface area contributed by atoms with Gasteiger partial charge in [0, 0.05) is 12.5 Å². The minimum absolute atomic E-state index is 0.0642. The predicted molar refractivity (Wildman–Crippen MR) is 45.5 cm³/mol. The van der Waals surface area contributed by atoms with Gasteiger partial charge in [0.15, 0.2) is 0 Å². The largest absolute Gasteiger partial charge is 0.351 e. The van der Waals surface area contributed by atoms with Gasteiger partial charge in [-0.3, -0.25) is 10.1 Å². The van der Waals surface area contributed by atoms with Gasteiger partial charge < -0.3 is 11.1 Å². The van der Waals surface area contributed by atoms with Crippen LogP contribution in [0.1, 0.15) is 20.3 Å². The van der Waals surface area contributed by atoms with Gasteiger partial charge in [-0.2, -0.15) is 0 Å². The van der Waals surface area contributed by atoms with Gasteiger partial charge in [-0.05, 0) is 13.5 Å². The Morgan fingerprint density at radius 2 is 2.08 bits per heavy atom. The number of urea groups is 1. The second-order valence-corrected chi connectivity index (χ2v) is 2.58. The van der Waals surface area contributed by atoms with Crippen molar-refractivity contribution in [2.45, 2.75) is 26.3 Å². The number of nitrogens with two attached hydrogens (primary N) is 1. The van der Waals surface area contributed by atoms with Crippen LogP contribution in [0.2, 0.25) is 0 Å². The summed E-state index contributed by atoms with van der Waals surface area (Å²) in [4.78, 5) is 21.1. The molecule has 3 amide bonds. The van der Waals surface area contributed by atoms with Gasteiger partial charge in [0.25, 0.3) is 0 Å². The monoisotopic (exact) mass is 173 g/mol. The summed E-state index contributed by atoms with van der Waals surface area (Å²) in [5.41, 5.74) is 4.75. The van der Waals surface area contributed by atoms with Crippen LogP contribution in [-0.2, 0) is 4.79 Å². The summed E-state index contributed by atoms with van der Waals surface area (Å²) in [6, 6.07) is -0.738. The lowest BCUT2D eigenvalue weighted by Crippen LogP contribution is -2.39. The Labute approximate surface area is 71.7 Å². The van der Waals surface area contributed by atoms with Gasteiger partial charge in [0.1, 0.15) is 0 Å². The van der Waals surface area contributed by atoms with Gasteiger partial charge >= 0.3 is 6.03 Å². The summed E-state index contributed by atoms with van der Waals surface area (Å²) in [6.45, 7) is 4.61. The highest BCUT2D eigenvalue weighted by Crippen LogP contribution is 1.88. The van der Waals surface area contributed by atoms with E-state index in [-0.39, 0.29) is 18.4 Å². The lowest BCUT2D eigenvalue weighted by Gasteiger charge is -2.10. The SMILES string of the molecule is CCNC(C)CC(=O)NC(N)=O. The van der Waals surface area contributed by atoms with E-state index in [1.807, 2.05) is 19.2 Å². The summed E-state index contributed by atoms with van der Waals surface area (Å²) >= 11 is 0. The van der Waals surface area contributed by atoms with Crippen molar-refractivity contribution in [3.05, 3.63) is 0 Å². The van der Waals surface area contributed by atoms with Gasteiger partial charge in [-0.25, -0.2) is 4.79 Å². The minimum atomic E-state index is -0.802. The molecule has 0 aliphatic rings. The smallest absolute Gasteiger partial charge is 0.318 e. The molecule has 5 heteroatoms. The van der Waals surface area contributed by atoms with Crippen molar-refractivity contribution in [2.75, 3.05) is 6.54 Å². The molecule has 12 heavy (non-hydrogen) atoms. The second kappa shape index (κ2) is 5.54. The third-order valence-corrected chi connectivity index (χ3v) is 1.31. The van der Waals surface area contributed by atoms with E-state index in [0.29, 0.717) is 0 Å². The predicted octanol–water partition coefficient (Wildman–Crippen LogP) is -0.431. The van der Waals surface area contributed by atoms with E-state index < -0.39 is 6.03 Å². The van der Waals surface area contributed by atoms with E-state index >= 15 is 0 Å². The Morgan fingerprint density at radius 1 is 1.50 bits per heavy atom. The van der Waals surface area contributed by atoms with E-state index in [2.05, 4.69) is 5.32 Å². The normalized spacial score (nSPS) is 12.2. The van der Waals surface area contributed by atoms with Crippen molar-refractivity contribution in [3.63, 3.8) is 0 Å². The van der Waals surface area contributed by atoms with Crippen molar-refractivity contribution >= 4 is 11.9 Å². The van der Waals surface area contributed by atoms with Crippen LogP contribution >= 0.6 is 0 Å². The lowest BCUT2D eigenvalue weighted by molar-refractivity contribution is -0.120. The zero-order chi connectivity index (χ0) is 9.56. The number of rotatable bonds is 4. The maximum Gasteiger partial charge on any atom is 0.318 e. The molecule has 0 aromatic heterocycles. The standard InChI is InChI=1S/C7H15N3O2/c1-3-9-5(2)4-6(11)10-7(8)12/h5,9H,3-4H2,1-2H3,(H3,8,10,11,12). The van der Waals surface area contributed by atoms with Crippen molar-refractivity contribution in [3.8, 4) is 0 Å². The first kappa shape index (κ1) is 10.9. The van der Waals surface area contributed by atoms with Crippen LogP contribution in [0.3, 0.4) is 0 Å². The average molecular weight is 173 g/mol. The van der Waals surface area contributed by atoms with E-state index in [9.17, 15) is 9.59 Å². The molecule has 1 atom stereocenters. The lowest BCUT2D eigenvalue weighted by atomic mass is 10.2. The molecule has 4 N–H and O–H groups in total. The Hall–Kier alpha value is -1.10. The van der Waals surface area contributed by atoms with Crippen molar-refractivity contribution in [1.82, 2.24) is 10.6 Å². The fraction of sp³-hybridized carbons (Fsp3) is 0.714. The number of primary amides is 1. The summed E-state index contributed by atoms with van der Waals surface area (Å²) in [5, 5.41) is 5.03. The molecule has 0 radical (unpaired) electrons. The Bertz CT molecular complexity index is 170. The topological polar surface area (TPSA) is 84.2 Å². The highest BCUT2D eigenvalue weighted by Gasteiger charge is 2.08. The number of carbonyl (C=O) groups is 2. The third-order valence-electron chi connectivity index (χ3n) is 1.31. The molecule has 0 spiro atoms. The second-order valence-electron chi connectivity index (χ2n) is 2.58. The molecule has 0 saturated heterocycles. The maximum atomic E-state index is 10.9. The zero-order valence-corrected chi connectivity index (χ0v) is 7.39. The molecule has 5 nitrogen and oxygen atoms in total. The summed E-state index contributed by atoms with van der Waals surface area (Å²) in [5.74, 6) is -0.351. The van der Waals surface area contributed by atoms with Crippen molar-refractivity contribution in [2.24, 2.45) is 5.73 Å². The molecule has 0 aromatic carbocycles. The minimum Gasteiger partial charge on any atom is -0.351 e. The van der Waals surface area contributed by atoms with Crippen LogP contribution in [0, 0.1) is 0 Å². The van der Waals surface area contributed by atoms with E-state index in [4.69, 9.17) is 5.73 Å². The molecule has 0 heterocycles. The molecule has 0 aromatic rings. The third kappa shape index (κ3) is 5.67. The van der Waals surface area contributed by atoms with Crippen LogP contribution in [0.15, 0.2) is 0 Å². The Morgan fingerprint density at radius 3 is 2.50 bits per heavy atom. The van der Waals surface area contributed by atoms with Crippen molar-refractivity contribution in [1.29, 1.82) is 0 Å². The van der Waals surface area contributed by atoms with Gasteiger partial charge in [0.05, 0.1) is 0 Å². The molecule has 1 unspecified atom stereocenters. The summed E-state index contributed by atoms with van der Waals surface area (Å²) < 4.78 is 0. The van der Waals surface area contributed by atoms with Gasteiger partial charge in [-0.15, -0.1) is 0 Å². The van der Waals surface area contributed by atoms with Crippen LogP contribution in [0.5, 0.6) is 0 Å². The number of amides is 3. The zero-order valence-electron chi connectivity index (χ0n) is 7.39. The maximum absolute atomic E-state index is 10.9. The summed E-state index contributed by atoms with van der Waals surface area (Å²) in [6.07, 6.45) is 0.261. The van der Waals surface area contributed by atoms with Crippen LogP contribution in [0.4, 0.5) is 4.79 Å². The Balaban J connectivity index is 3.61. The number of hydrogen-bond acceptors (Lipinski definition) is 3. The molecule has 0 aliphatic heterocycles. The molecule has 0 aliphatic carbocycles.